The molecule has 8 aromatic rings. The van der Waals surface area contributed by atoms with Gasteiger partial charge in [-0.3, -0.25) is 0 Å². The average molecular weight is 541 g/mol. The maximum absolute atomic E-state index is 5.18. The maximum Gasteiger partial charge on any atom is 0.124 e. The van der Waals surface area contributed by atoms with E-state index in [1.807, 2.05) is 6.07 Å². The summed E-state index contributed by atoms with van der Waals surface area (Å²) in [5.74, 6) is 0. The molecule has 0 fully saturated rings. The van der Waals surface area contributed by atoms with Crippen LogP contribution in [0.2, 0.25) is 0 Å². The molecule has 2 aromatic heterocycles. The number of hydrogen-bond acceptors (Lipinski definition) is 3. The molecule has 3 heteroatoms. The molecule has 8 rings (SSSR count). The molecule has 0 aliphatic heterocycles. The first kappa shape index (κ1) is 23.7. The highest BCUT2D eigenvalue weighted by Gasteiger charge is 2.15. The van der Waals surface area contributed by atoms with Crippen molar-refractivity contribution in [3.05, 3.63) is 146 Å². The van der Waals surface area contributed by atoms with E-state index in [0.717, 1.165) is 38.2 Å². The Morgan fingerprint density at radius 2 is 1.07 bits per heavy atom. The number of thiazole rings is 1. The third kappa shape index (κ3) is 4.19. The predicted molar refractivity (Wildman–Crippen MR) is 174 cm³/mol. The number of hydrogen-bond donors (Lipinski definition) is 0. The lowest BCUT2D eigenvalue weighted by atomic mass is 9.92. The zero-order valence-electron chi connectivity index (χ0n) is 22.2. The third-order valence-corrected chi connectivity index (χ3v) is 8.78. The Kier molecular flexibility index (Phi) is 5.68. The first-order valence-corrected chi connectivity index (χ1v) is 14.6. The largest absolute Gasteiger partial charge is 0.247 e. The molecule has 0 amide bonds. The van der Waals surface area contributed by atoms with Crippen LogP contribution in [-0.2, 0) is 0 Å². The molecule has 2 heterocycles. The molecule has 0 N–H and O–H groups in total. The fourth-order valence-electron chi connectivity index (χ4n) is 5.71. The first-order valence-electron chi connectivity index (χ1n) is 13.8. The molecule has 0 bridgehead atoms. The Balaban J connectivity index is 1.23. The summed E-state index contributed by atoms with van der Waals surface area (Å²) in [5.41, 5.74) is 10.1. The highest BCUT2D eigenvalue weighted by molar-refractivity contribution is 7.21. The smallest absolute Gasteiger partial charge is 0.124 e. The Hall–Kier alpha value is -5.12. The van der Waals surface area contributed by atoms with Crippen LogP contribution in [0.4, 0.5) is 0 Å². The van der Waals surface area contributed by atoms with Crippen molar-refractivity contribution in [1.29, 1.82) is 0 Å². The summed E-state index contributed by atoms with van der Waals surface area (Å²) in [7, 11) is 0. The van der Waals surface area contributed by atoms with Crippen molar-refractivity contribution in [3.8, 4) is 44.1 Å². The second kappa shape index (κ2) is 9.81. The van der Waals surface area contributed by atoms with Gasteiger partial charge in [-0.05, 0) is 40.5 Å². The van der Waals surface area contributed by atoms with Crippen LogP contribution in [0.25, 0.3) is 76.0 Å². The molecular formula is C38H24N2S. The van der Waals surface area contributed by atoms with Gasteiger partial charge in [0.05, 0.1) is 21.4 Å². The van der Waals surface area contributed by atoms with Crippen LogP contribution in [0.3, 0.4) is 0 Å². The van der Waals surface area contributed by atoms with Crippen LogP contribution in [0.15, 0.2) is 146 Å². The minimum absolute atomic E-state index is 1.01. The van der Waals surface area contributed by atoms with E-state index in [1.165, 1.54) is 37.7 Å². The fraction of sp³-hybridized carbons (Fsp3) is 0. The van der Waals surface area contributed by atoms with Crippen LogP contribution in [0.1, 0.15) is 0 Å². The van der Waals surface area contributed by atoms with Gasteiger partial charge in [0, 0.05) is 27.3 Å². The quantitative estimate of drug-likeness (QED) is 0.208. The molecule has 0 aliphatic carbocycles. The van der Waals surface area contributed by atoms with Gasteiger partial charge < -0.3 is 0 Å². The Bertz CT molecular complexity index is 2180. The number of pyridine rings is 1. The first-order chi connectivity index (χ1) is 20.3. The lowest BCUT2D eigenvalue weighted by Crippen LogP contribution is -1.92. The van der Waals surface area contributed by atoms with E-state index in [0.29, 0.717) is 0 Å². The molecule has 0 aliphatic rings. The molecule has 0 saturated heterocycles. The number of para-hydroxylation sites is 1. The lowest BCUT2D eigenvalue weighted by Gasteiger charge is -2.14. The van der Waals surface area contributed by atoms with Crippen molar-refractivity contribution < 1.29 is 0 Å². The van der Waals surface area contributed by atoms with Crippen molar-refractivity contribution in [2.45, 2.75) is 0 Å². The van der Waals surface area contributed by atoms with Gasteiger partial charge in [-0.1, -0.05) is 127 Å². The topological polar surface area (TPSA) is 25.8 Å². The zero-order valence-corrected chi connectivity index (χ0v) is 23.0. The number of aromatic nitrogens is 2. The standard InChI is InChI=1S/C38H24N2S/c1-3-10-26(11-4-1)30-15-9-16-32-36(30)31-14-7-8-17-33(31)39-37(32)27-20-18-25(19-21-27)29-22-23-34-35(24-29)41-38(40-34)28-12-5-2-6-13-28/h1-24H. The van der Waals surface area contributed by atoms with E-state index in [4.69, 9.17) is 9.97 Å². The Labute approximate surface area is 242 Å². The average Bonchev–Trinajstić information content (AvgIpc) is 3.49. The fourth-order valence-corrected chi connectivity index (χ4v) is 6.72. The second-order valence-electron chi connectivity index (χ2n) is 10.2. The molecular weight excluding hydrogens is 516 g/mol. The summed E-state index contributed by atoms with van der Waals surface area (Å²) in [6.07, 6.45) is 0. The monoisotopic (exact) mass is 540 g/mol. The van der Waals surface area contributed by atoms with Gasteiger partial charge in [-0.2, -0.15) is 0 Å². The van der Waals surface area contributed by atoms with Crippen molar-refractivity contribution in [3.63, 3.8) is 0 Å². The van der Waals surface area contributed by atoms with Crippen LogP contribution in [0.5, 0.6) is 0 Å². The highest BCUT2D eigenvalue weighted by Crippen LogP contribution is 2.39. The van der Waals surface area contributed by atoms with Crippen LogP contribution in [-0.4, -0.2) is 9.97 Å². The predicted octanol–water partition coefficient (Wildman–Crippen LogP) is 10.7. The van der Waals surface area contributed by atoms with E-state index < -0.39 is 0 Å². The SMILES string of the molecule is c1ccc(-c2nc3ccc(-c4ccc(-c5nc6ccccc6c6c(-c7ccccc7)cccc56)cc4)cc3s2)cc1. The van der Waals surface area contributed by atoms with E-state index in [2.05, 4.69) is 140 Å². The lowest BCUT2D eigenvalue weighted by molar-refractivity contribution is 1.43. The molecule has 0 radical (unpaired) electrons. The minimum atomic E-state index is 1.01. The van der Waals surface area contributed by atoms with Gasteiger partial charge in [-0.25, -0.2) is 9.97 Å². The number of rotatable bonds is 4. The summed E-state index contributed by atoms with van der Waals surface area (Å²) in [6.45, 7) is 0. The summed E-state index contributed by atoms with van der Waals surface area (Å²) in [6, 6.07) is 51.4. The van der Waals surface area contributed by atoms with Gasteiger partial charge in [0.2, 0.25) is 0 Å². The molecule has 0 spiro atoms. The molecule has 2 nitrogen and oxygen atoms in total. The van der Waals surface area contributed by atoms with Crippen molar-refractivity contribution in [1.82, 2.24) is 9.97 Å². The minimum Gasteiger partial charge on any atom is -0.247 e. The Morgan fingerprint density at radius 1 is 0.415 bits per heavy atom. The van der Waals surface area contributed by atoms with Gasteiger partial charge in [0.25, 0.3) is 0 Å². The van der Waals surface area contributed by atoms with E-state index in [9.17, 15) is 0 Å². The van der Waals surface area contributed by atoms with Crippen molar-refractivity contribution in [2.75, 3.05) is 0 Å². The summed E-state index contributed by atoms with van der Waals surface area (Å²) < 4.78 is 1.20. The molecule has 41 heavy (non-hydrogen) atoms. The number of fused-ring (bicyclic) bond motifs is 4. The molecule has 0 saturated carbocycles. The summed E-state index contributed by atoms with van der Waals surface area (Å²) in [4.78, 5) is 10.0. The van der Waals surface area contributed by atoms with Gasteiger partial charge >= 0.3 is 0 Å². The molecule has 192 valence electrons. The van der Waals surface area contributed by atoms with Crippen molar-refractivity contribution >= 4 is 43.2 Å². The molecule has 0 unspecified atom stereocenters. The number of nitrogens with zero attached hydrogens (tertiary/aromatic N) is 2. The second-order valence-corrected chi connectivity index (χ2v) is 11.2. The van der Waals surface area contributed by atoms with Crippen LogP contribution in [0, 0.1) is 0 Å². The van der Waals surface area contributed by atoms with Gasteiger partial charge in [0.15, 0.2) is 0 Å². The number of benzene rings is 6. The summed E-state index contributed by atoms with van der Waals surface area (Å²) >= 11 is 1.74. The zero-order chi connectivity index (χ0) is 27.2. The Morgan fingerprint density at radius 3 is 1.88 bits per heavy atom. The van der Waals surface area contributed by atoms with Gasteiger partial charge in [-0.15, -0.1) is 11.3 Å². The van der Waals surface area contributed by atoms with E-state index in [-0.39, 0.29) is 0 Å². The maximum atomic E-state index is 5.18. The highest BCUT2D eigenvalue weighted by atomic mass is 32.1. The van der Waals surface area contributed by atoms with Crippen LogP contribution >= 0.6 is 11.3 Å². The molecule has 0 atom stereocenters. The van der Waals surface area contributed by atoms with E-state index >= 15 is 0 Å². The third-order valence-electron chi connectivity index (χ3n) is 7.71. The molecule has 6 aromatic carbocycles. The normalized spacial score (nSPS) is 11.4. The van der Waals surface area contributed by atoms with E-state index in [1.54, 1.807) is 11.3 Å². The van der Waals surface area contributed by atoms with Crippen molar-refractivity contribution in [2.24, 2.45) is 0 Å². The summed E-state index contributed by atoms with van der Waals surface area (Å²) in [5, 5.41) is 4.64. The van der Waals surface area contributed by atoms with Crippen LogP contribution < -0.4 is 0 Å². The van der Waals surface area contributed by atoms with Gasteiger partial charge in [0.1, 0.15) is 5.01 Å².